The molecule has 3 aromatic carbocycles. The summed E-state index contributed by atoms with van der Waals surface area (Å²) in [5.41, 5.74) is 3.31. The summed E-state index contributed by atoms with van der Waals surface area (Å²) in [5.74, 6) is 0.524. The number of rotatable bonds is 10. The Morgan fingerprint density at radius 2 is 1.70 bits per heavy atom. The summed E-state index contributed by atoms with van der Waals surface area (Å²) in [7, 11) is -2.01. The predicted octanol–water partition coefficient (Wildman–Crippen LogP) is 3.40. The molecule has 8 heteroatoms. The molecule has 1 aliphatic rings. The lowest BCUT2D eigenvalue weighted by Crippen LogP contribution is -2.52. The Bertz CT molecular complexity index is 1260. The summed E-state index contributed by atoms with van der Waals surface area (Å²) in [5, 5.41) is 6.35. The van der Waals surface area contributed by atoms with Crippen LogP contribution in [0.15, 0.2) is 83.8 Å². The lowest BCUT2D eigenvalue weighted by atomic mass is 9.91. The van der Waals surface area contributed by atoms with E-state index < -0.39 is 10.0 Å². The number of nitrogens with one attached hydrogen (secondary N) is 3. The van der Waals surface area contributed by atoms with Crippen LogP contribution in [-0.2, 0) is 21.2 Å². The first-order valence-corrected chi connectivity index (χ1v) is 14.1. The Morgan fingerprint density at radius 3 is 2.38 bits per heavy atom. The van der Waals surface area contributed by atoms with Crippen molar-refractivity contribution in [1.82, 2.24) is 15.4 Å². The Morgan fingerprint density at radius 1 is 1.00 bits per heavy atom. The summed E-state index contributed by atoms with van der Waals surface area (Å²) >= 11 is 0. The molecular formula is C29H35N3O4S. The summed E-state index contributed by atoms with van der Waals surface area (Å²) in [6, 6.07) is 24.5. The molecule has 1 saturated heterocycles. The topological polar surface area (TPSA) is 96.5 Å². The number of piperidine rings is 1. The van der Waals surface area contributed by atoms with Crippen molar-refractivity contribution in [3.05, 3.63) is 95.6 Å². The van der Waals surface area contributed by atoms with Crippen molar-refractivity contribution in [3.63, 3.8) is 0 Å². The zero-order valence-corrected chi connectivity index (χ0v) is 22.1. The lowest BCUT2D eigenvalue weighted by Gasteiger charge is -2.30. The molecule has 4 rings (SSSR count). The second kappa shape index (κ2) is 12.4. The smallest absolute Gasteiger partial charge is 0.240 e. The second-order valence-corrected chi connectivity index (χ2v) is 11.3. The number of sulfonamides is 1. The molecule has 1 fully saturated rings. The number of ether oxygens (including phenoxy) is 1. The van der Waals surface area contributed by atoms with Gasteiger partial charge in [0.2, 0.25) is 15.9 Å². The maximum Gasteiger partial charge on any atom is 0.240 e. The molecule has 3 atom stereocenters. The van der Waals surface area contributed by atoms with Gasteiger partial charge in [0.1, 0.15) is 5.75 Å². The molecule has 1 heterocycles. The standard InChI is InChI=1S/C29H35N3O4S/c1-21-8-14-28(15-9-21)37(34,35)32-26-17-25(18-30-20-26)29(33)31-19-24(23-6-4-3-5-7-23)16-22-10-12-27(36-2)13-11-22/h3-15,24-26,30,32H,16-20H2,1-2H3,(H,31,33)/t24?,25-,26+/m0/s1. The van der Waals surface area contributed by atoms with Crippen LogP contribution in [0, 0.1) is 12.8 Å². The summed E-state index contributed by atoms with van der Waals surface area (Å²) in [4.78, 5) is 13.4. The van der Waals surface area contributed by atoms with E-state index in [1.807, 2.05) is 49.4 Å². The van der Waals surface area contributed by atoms with Gasteiger partial charge in [-0.3, -0.25) is 4.79 Å². The number of hydrogen-bond donors (Lipinski definition) is 3. The average molecular weight is 522 g/mol. The van der Waals surface area contributed by atoms with E-state index in [0.717, 1.165) is 28.9 Å². The van der Waals surface area contributed by atoms with E-state index in [-0.39, 0.29) is 28.7 Å². The Labute approximate surface area is 219 Å². The van der Waals surface area contributed by atoms with Crippen LogP contribution in [0.3, 0.4) is 0 Å². The first-order valence-electron chi connectivity index (χ1n) is 12.6. The van der Waals surface area contributed by atoms with E-state index in [9.17, 15) is 13.2 Å². The summed E-state index contributed by atoms with van der Waals surface area (Å²) < 4.78 is 33.7. The Hall–Kier alpha value is -3.20. The maximum atomic E-state index is 13.1. The van der Waals surface area contributed by atoms with Crippen molar-refractivity contribution in [2.45, 2.75) is 36.6 Å². The quantitative estimate of drug-likeness (QED) is 0.380. The van der Waals surface area contributed by atoms with E-state index in [2.05, 4.69) is 27.5 Å². The maximum absolute atomic E-state index is 13.1. The molecule has 3 aromatic rings. The van der Waals surface area contributed by atoms with Gasteiger partial charge in [-0.05, 0) is 55.2 Å². The van der Waals surface area contributed by atoms with Gasteiger partial charge in [0.05, 0.1) is 17.9 Å². The molecule has 0 aromatic heterocycles. The van der Waals surface area contributed by atoms with Crippen LogP contribution >= 0.6 is 0 Å². The molecule has 0 bridgehead atoms. The minimum atomic E-state index is -3.66. The van der Waals surface area contributed by atoms with Crippen molar-refractivity contribution in [2.24, 2.45) is 5.92 Å². The molecule has 1 unspecified atom stereocenters. The van der Waals surface area contributed by atoms with Crippen LogP contribution < -0.4 is 20.1 Å². The van der Waals surface area contributed by atoms with Gasteiger partial charge in [0.25, 0.3) is 0 Å². The highest BCUT2D eigenvalue weighted by Crippen LogP contribution is 2.23. The van der Waals surface area contributed by atoms with Crippen molar-refractivity contribution in [3.8, 4) is 5.75 Å². The number of carbonyl (C=O) groups excluding carboxylic acids is 1. The fourth-order valence-electron chi connectivity index (χ4n) is 4.68. The molecule has 0 saturated carbocycles. The fourth-order valence-corrected chi connectivity index (χ4v) is 5.93. The largest absolute Gasteiger partial charge is 0.497 e. The van der Waals surface area contributed by atoms with E-state index >= 15 is 0 Å². The lowest BCUT2D eigenvalue weighted by molar-refractivity contribution is -0.125. The van der Waals surface area contributed by atoms with Gasteiger partial charge in [-0.25, -0.2) is 13.1 Å². The van der Waals surface area contributed by atoms with E-state index in [4.69, 9.17) is 4.74 Å². The normalized spacial score (nSPS) is 18.6. The number of benzene rings is 3. The third-order valence-electron chi connectivity index (χ3n) is 6.81. The highest BCUT2D eigenvalue weighted by molar-refractivity contribution is 7.89. The summed E-state index contributed by atoms with van der Waals surface area (Å²) in [6.07, 6.45) is 1.22. The molecule has 1 amide bonds. The minimum Gasteiger partial charge on any atom is -0.497 e. The molecule has 7 nitrogen and oxygen atoms in total. The highest BCUT2D eigenvalue weighted by Gasteiger charge is 2.30. The summed E-state index contributed by atoms with van der Waals surface area (Å²) in [6.45, 7) is 3.41. The van der Waals surface area contributed by atoms with Crippen molar-refractivity contribution in [1.29, 1.82) is 0 Å². The fraction of sp³-hybridized carbons (Fsp3) is 0.345. The third kappa shape index (κ3) is 7.41. The third-order valence-corrected chi connectivity index (χ3v) is 8.35. The van der Waals surface area contributed by atoms with Gasteiger partial charge in [0.15, 0.2) is 0 Å². The van der Waals surface area contributed by atoms with Gasteiger partial charge in [-0.1, -0.05) is 60.2 Å². The van der Waals surface area contributed by atoms with E-state index in [1.165, 1.54) is 0 Å². The zero-order valence-electron chi connectivity index (χ0n) is 21.3. The van der Waals surface area contributed by atoms with Crippen LogP contribution in [0.1, 0.15) is 29.0 Å². The molecular weight excluding hydrogens is 486 g/mol. The molecule has 3 N–H and O–H groups in total. The Balaban J connectivity index is 1.37. The monoisotopic (exact) mass is 521 g/mol. The molecule has 1 aliphatic heterocycles. The molecule has 196 valence electrons. The van der Waals surface area contributed by atoms with Gasteiger partial charge in [0, 0.05) is 31.6 Å². The van der Waals surface area contributed by atoms with Crippen molar-refractivity contribution in [2.75, 3.05) is 26.7 Å². The molecule has 0 aliphatic carbocycles. The van der Waals surface area contributed by atoms with Crippen LogP contribution in [0.25, 0.3) is 0 Å². The van der Waals surface area contributed by atoms with Gasteiger partial charge < -0.3 is 15.4 Å². The Kier molecular flexibility index (Phi) is 8.97. The van der Waals surface area contributed by atoms with E-state index in [1.54, 1.807) is 31.4 Å². The second-order valence-electron chi connectivity index (χ2n) is 9.63. The average Bonchev–Trinajstić information content (AvgIpc) is 2.92. The minimum absolute atomic E-state index is 0.0672. The molecule has 0 spiro atoms. The van der Waals surface area contributed by atoms with E-state index in [0.29, 0.717) is 26.1 Å². The number of carbonyl (C=O) groups is 1. The highest BCUT2D eigenvalue weighted by atomic mass is 32.2. The van der Waals surface area contributed by atoms with Crippen LogP contribution in [0.5, 0.6) is 5.75 Å². The van der Waals surface area contributed by atoms with Crippen LogP contribution in [0.4, 0.5) is 0 Å². The van der Waals surface area contributed by atoms with Crippen LogP contribution in [-0.4, -0.2) is 47.1 Å². The molecule has 0 radical (unpaired) electrons. The van der Waals surface area contributed by atoms with Gasteiger partial charge in [-0.15, -0.1) is 0 Å². The van der Waals surface area contributed by atoms with Gasteiger partial charge in [-0.2, -0.15) is 0 Å². The van der Waals surface area contributed by atoms with Crippen molar-refractivity contribution >= 4 is 15.9 Å². The zero-order chi connectivity index (χ0) is 26.3. The number of amides is 1. The van der Waals surface area contributed by atoms with Gasteiger partial charge >= 0.3 is 0 Å². The van der Waals surface area contributed by atoms with Crippen molar-refractivity contribution < 1.29 is 17.9 Å². The number of hydrogen-bond acceptors (Lipinski definition) is 5. The molecule has 37 heavy (non-hydrogen) atoms. The SMILES string of the molecule is COc1ccc(CC(CNC(=O)[C@@H]2CNC[C@H](NS(=O)(=O)c3ccc(C)cc3)C2)c2ccccc2)cc1. The van der Waals surface area contributed by atoms with Crippen LogP contribution in [0.2, 0.25) is 0 Å². The number of methoxy groups -OCH3 is 1. The predicted molar refractivity (Wildman–Crippen MR) is 145 cm³/mol. The first kappa shape index (κ1) is 26.9. The number of aryl methyl sites for hydroxylation is 1. The first-order chi connectivity index (χ1) is 17.8.